The molecule has 1 heterocycles. The molecule has 0 aliphatic carbocycles. The number of benzene rings is 1. The van der Waals surface area contributed by atoms with Crippen molar-refractivity contribution in [1.29, 1.82) is 0 Å². The van der Waals surface area contributed by atoms with E-state index in [2.05, 4.69) is 5.10 Å². The normalized spacial score (nSPS) is 22.7. The maximum absolute atomic E-state index is 13.2. The summed E-state index contributed by atoms with van der Waals surface area (Å²) in [6, 6.07) is 3.01. The van der Waals surface area contributed by atoms with Crippen LogP contribution in [0.3, 0.4) is 0 Å². The first-order valence-corrected chi connectivity index (χ1v) is 5.18. The van der Waals surface area contributed by atoms with Crippen LogP contribution < -0.4 is 4.59 Å². The SMILES string of the molecule is CC1=N[N+](C)(c2cc(F)cc(F)c2)C=C1C(=O)O. The van der Waals surface area contributed by atoms with Crippen molar-refractivity contribution in [3.63, 3.8) is 0 Å². The van der Waals surface area contributed by atoms with Crippen molar-refractivity contribution in [1.82, 2.24) is 4.59 Å². The molecule has 1 aliphatic heterocycles. The molecule has 0 fully saturated rings. The summed E-state index contributed by atoms with van der Waals surface area (Å²) in [6.45, 7) is 1.54. The van der Waals surface area contributed by atoms with E-state index in [1.54, 1.807) is 14.0 Å². The average molecular weight is 253 g/mol. The molecule has 0 radical (unpaired) electrons. The average Bonchev–Trinajstić information content (AvgIpc) is 2.54. The fourth-order valence-corrected chi connectivity index (χ4v) is 1.88. The zero-order valence-corrected chi connectivity index (χ0v) is 9.82. The summed E-state index contributed by atoms with van der Waals surface area (Å²) in [6.07, 6.45) is 1.34. The summed E-state index contributed by atoms with van der Waals surface area (Å²) in [7, 11) is 1.55. The van der Waals surface area contributed by atoms with E-state index in [1.165, 1.54) is 6.20 Å². The quantitative estimate of drug-likeness (QED) is 0.822. The van der Waals surface area contributed by atoms with Gasteiger partial charge in [0.25, 0.3) is 0 Å². The van der Waals surface area contributed by atoms with Gasteiger partial charge >= 0.3 is 5.97 Å². The highest BCUT2D eigenvalue weighted by Gasteiger charge is 2.35. The molecule has 1 aliphatic rings. The molecule has 0 spiro atoms. The van der Waals surface area contributed by atoms with Crippen LogP contribution in [0.15, 0.2) is 35.1 Å². The molecule has 6 heteroatoms. The highest BCUT2D eigenvalue weighted by atomic mass is 19.1. The van der Waals surface area contributed by atoms with E-state index >= 15 is 0 Å². The third-order valence-corrected chi connectivity index (χ3v) is 2.73. The van der Waals surface area contributed by atoms with E-state index in [1.807, 2.05) is 0 Å². The van der Waals surface area contributed by atoms with Gasteiger partial charge in [0.1, 0.15) is 36.2 Å². The smallest absolute Gasteiger partial charge is 0.343 e. The van der Waals surface area contributed by atoms with Crippen LogP contribution in [0.1, 0.15) is 6.92 Å². The first-order valence-electron chi connectivity index (χ1n) is 5.18. The van der Waals surface area contributed by atoms with Crippen LogP contribution in [0.5, 0.6) is 0 Å². The molecule has 1 N–H and O–H groups in total. The van der Waals surface area contributed by atoms with Gasteiger partial charge in [-0.25, -0.2) is 13.6 Å². The third kappa shape index (κ3) is 2.02. The van der Waals surface area contributed by atoms with Crippen molar-refractivity contribution in [3.8, 4) is 0 Å². The lowest BCUT2D eigenvalue weighted by atomic mass is 10.2. The van der Waals surface area contributed by atoms with Gasteiger partial charge in [-0.15, -0.1) is 4.59 Å². The van der Waals surface area contributed by atoms with Gasteiger partial charge in [0.2, 0.25) is 0 Å². The Balaban J connectivity index is 2.54. The molecule has 0 bridgehead atoms. The number of hydrogen-bond acceptors (Lipinski definition) is 2. The number of hydrogen-bond donors (Lipinski definition) is 1. The molecular formula is C12H11F2N2O2+. The Morgan fingerprint density at radius 3 is 2.28 bits per heavy atom. The van der Waals surface area contributed by atoms with Crippen molar-refractivity contribution >= 4 is 17.4 Å². The fraction of sp³-hybridized carbons (Fsp3) is 0.167. The van der Waals surface area contributed by atoms with Gasteiger partial charge < -0.3 is 5.11 Å². The summed E-state index contributed by atoms with van der Waals surface area (Å²) < 4.78 is 26.0. The Bertz CT molecular complexity index is 575. The molecule has 18 heavy (non-hydrogen) atoms. The Morgan fingerprint density at radius 2 is 1.83 bits per heavy atom. The molecule has 0 amide bonds. The Morgan fingerprint density at radius 1 is 1.28 bits per heavy atom. The molecule has 0 saturated carbocycles. The summed E-state index contributed by atoms with van der Waals surface area (Å²) in [5.41, 5.74) is 0.569. The molecule has 2 rings (SSSR count). The highest BCUT2D eigenvalue weighted by molar-refractivity contribution is 6.19. The van der Waals surface area contributed by atoms with Crippen molar-refractivity contribution in [3.05, 3.63) is 41.6 Å². The Hall–Kier alpha value is -2.08. The van der Waals surface area contributed by atoms with E-state index in [0.29, 0.717) is 5.71 Å². The number of carbonyl (C=O) groups is 1. The van der Waals surface area contributed by atoms with Crippen LogP contribution in [-0.4, -0.2) is 23.8 Å². The Labute approximate surface area is 102 Å². The monoisotopic (exact) mass is 253 g/mol. The fourth-order valence-electron chi connectivity index (χ4n) is 1.88. The number of carboxylic acids is 1. The molecule has 94 valence electrons. The summed E-state index contributed by atoms with van der Waals surface area (Å²) >= 11 is 0. The molecule has 1 aromatic carbocycles. The van der Waals surface area contributed by atoms with Crippen LogP contribution >= 0.6 is 0 Å². The number of carboxylic acid groups (broad SMARTS) is 1. The first-order chi connectivity index (χ1) is 8.32. The topological polar surface area (TPSA) is 49.7 Å². The number of quaternary nitrogens is 1. The molecule has 1 aromatic rings. The molecule has 4 nitrogen and oxygen atoms in total. The van der Waals surface area contributed by atoms with E-state index < -0.39 is 17.6 Å². The van der Waals surface area contributed by atoms with Gasteiger partial charge in [-0.3, -0.25) is 0 Å². The van der Waals surface area contributed by atoms with E-state index in [9.17, 15) is 13.6 Å². The van der Waals surface area contributed by atoms with E-state index in [-0.39, 0.29) is 15.9 Å². The number of rotatable bonds is 2. The summed E-state index contributed by atoms with van der Waals surface area (Å²) in [4.78, 5) is 11.0. The van der Waals surface area contributed by atoms with Gasteiger partial charge in [0, 0.05) is 18.2 Å². The van der Waals surface area contributed by atoms with Gasteiger partial charge in [0.05, 0.1) is 0 Å². The third-order valence-electron chi connectivity index (χ3n) is 2.73. The number of aliphatic carboxylic acids is 1. The second-order valence-electron chi connectivity index (χ2n) is 4.19. The lowest BCUT2D eigenvalue weighted by Crippen LogP contribution is -2.31. The van der Waals surface area contributed by atoms with E-state index in [4.69, 9.17) is 5.11 Å². The van der Waals surface area contributed by atoms with Crippen molar-refractivity contribution in [2.24, 2.45) is 5.10 Å². The molecule has 0 aromatic heterocycles. The van der Waals surface area contributed by atoms with Crippen molar-refractivity contribution < 1.29 is 18.7 Å². The van der Waals surface area contributed by atoms with E-state index in [0.717, 1.165) is 18.2 Å². The van der Waals surface area contributed by atoms with Gasteiger partial charge in [-0.1, -0.05) is 5.10 Å². The summed E-state index contributed by atoms with van der Waals surface area (Å²) in [5, 5.41) is 13.1. The predicted molar refractivity (Wildman–Crippen MR) is 62.9 cm³/mol. The predicted octanol–water partition coefficient (Wildman–Crippen LogP) is 2.26. The van der Waals surface area contributed by atoms with Crippen molar-refractivity contribution in [2.45, 2.75) is 6.92 Å². The largest absolute Gasteiger partial charge is 0.477 e. The first kappa shape index (κ1) is 12.4. The number of nitrogens with zero attached hydrogens (tertiary/aromatic N) is 2. The molecule has 0 saturated heterocycles. The lowest BCUT2D eigenvalue weighted by Gasteiger charge is -2.19. The second kappa shape index (κ2) is 3.99. The Kier molecular flexibility index (Phi) is 2.74. The van der Waals surface area contributed by atoms with Crippen LogP contribution in [0.2, 0.25) is 0 Å². The highest BCUT2D eigenvalue weighted by Crippen LogP contribution is 2.30. The van der Waals surface area contributed by atoms with Gasteiger partial charge in [-0.2, -0.15) is 0 Å². The van der Waals surface area contributed by atoms with Gasteiger partial charge in [0.15, 0.2) is 5.69 Å². The molecule has 1 atom stereocenters. The van der Waals surface area contributed by atoms with Crippen LogP contribution in [0.4, 0.5) is 14.5 Å². The van der Waals surface area contributed by atoms with Crippen LogP contribution in [0, 0.1) is 11.6 Å². The van der Waals surface area contributed by atoms with Crippen LogP contribution in [0.25, 0.3) is 0 Å². The van der Waals surface area contributed by atoms with Gasteiger partial charge in [-0.05, 0) is 6.92 Å². The maximum Gasteiger partial charge on any atom is 0.343 e. The zero-order valence-electron chi connectivity index (χ0n) is 9.82. The van der Waals surface area contributed by atoms with Crippen LogP contribution in [-0.2, 0) is 4.79 Å². The minimum absolute atomic E-state index is 0.0298. The molecule has 1 unspecified atom stereocenters. The zero-order chi connectivity index (χ0) is 13.5. The minimum Gasteiger partial charge on any atom is -0.477 e. The molecular weight excluding hydrogens is 242 g/mol. The lowest BCUT2D eigenvalue weighted by molar-refractivity contribution is -0.132. The van der Waals surface area contributed by atoms with Crippen molar-refractivity contribution in [2.75, 3.05) is 7.05 Å². The minimum atomic E-state index is -1.12. The standard InChI is InChI=1S/C12H10F2N2O2/c1-7-11(12(17)18)6-16(2,15-7)10-4-8(13)3-9(14)5-10/h3-6H,1-2H3/p+1. The number of halogens is 2. The summed E-state index contributed by atoms with van der Waals surface area (Å²) in [5.74, 6) is -2.57. The second-order valence-corrected chi connectivity index (χ2v) is 4.19. The maximum atomic E-state index is 13.2.